The highest BCUT2D eigenvalue weighted by atomic mass is 16.6. The Bertz CT molecular complexity index is 520. The number of nitrogens with zero attached hydrogens (tertiary/aromatic N) is 3. The van der Waals surface area contributed by atoms with Gasteiger partial charge in [0.1, 0.15) is 5.82 Å². The van der Waals surface area contributed by atoms with Crippen LogP contribution in [0.4, 0.5) is 17.3 Å². The molecule has 8 heteroatoms. The van der Waals surface area contributed by atoms with Gasteiger partial charge in [-0.25, -0.2) is 4.98 Å². The second kappa shape index (κ2) is 10.0. The molecule has 8 nitrogen and oxygen atoms in total. The Kier molecular flexibility index (Phi) is 7.70. The molecule has 1 aliphatic rings. The van der Waals surface area contributed by atoms with Crippen molar-refractivity contribution in [3.8, 4) is 0 Å². The molecule has 0 bridgehead atoms. The highest BCUT2D eigenvalue weighted by Crippen LogP contribution is 2.23. The van der Waals surface area contributed by atoms with Gasteiger partial charge in [0, 0.05) is 38.8 Å². The zero-order chi connectivity index (χ0) is 17.2. The topological polar surface area (TPSA) is 92.6 Å². The van der Waals surface area contributed by atoms with E-state index in [1.165, 1.54) is 6.07 Å². The smallest absolute Gasteiger partial charge is 0.311 e. The number of pyridine rings is 1. The first-order chi connectivity index (χ1) is 11.7. The lowest BCUT2D eigenvalue weighted by Gasteiger charge is -2.26. The van der Waals surface area contributed by atoms with Crippen LogP contribution in [0.2, 0.25) is 0 Å². The fourth-order valence-electron chi connectivity index (χ4n) is 2.58. The summed E-state index contributed by atoms with van der Waals surface area (Å²) < 4.78 is 5.31. The Morgan fingerprint density at radius 3 is 2.75 bits per heavy atom. The van der Waals surface area contributed by atoms with E-state index >= 15 is 0 Å². The van der Waals surface area contributed by atoms with Crippen molar-refractivity contribution in [3.05, 3.63) is 22.2 Å². The maximum absolute atomic E-state index is 11.2. The van der Waals surface area contributed by atoms with Crippen molar-refractivity contribution < 1.29 is 9.66 Å². The summed E-state index contributed by atoms with van der Waals surface area (Å²) in [5.41, 5.74) is 0.0103. The molecule has 24 heavy (non-hydrogen) atoms. The average molecular weight is 337 g/mol. The molecule has 0 amide bonds. The summed E-state index contributed by atoms with van der Waals surface area (Å²) in [6, 6.07) is 3.17. The molecule has 2 heterocycles. The number of hydrogen-bond donors (Lipinski definition) is 2. The molecular weight excluding hydrogens is 310 g/mol. The lowest BCUT2D eigenvalue weighted by Crippen LogP contribution is -2.39. The summed E-state index contributed by atoms with van der Waals surface area (Å²) in [4.78, 5) is 17.4. The van der Waals surface area contributed by atoms with Crippen LogP contribution in [0.25, 0.3) is 0 Å². The van der Waals surface area contributed by atoms with E-state index in [0.717, 1.165) is 58.7 Å². The number of unbranched alkanes of at least 4 members (excludes halogenated alkanes) is 2. The largest absolute Gasteiger partial charge is 0.379 e. The lowest BCUT2D eigenvalue weighted by atomic mass is 10.2. The first kappa shape index (κ1) is 18.4. The highest BCUT2D eigenvalue weighted by Gasteiger charge is 2.16. The van der Waals surface area contributed by atoms with Gasteiger partial charge in [0.15, 0.2) is 0 Å². The van der Waals surface area contributed by atoms with E-state index in [-0.39, 0.29) is 5.69 Å². The summed E-state index contributed by atoms with van der Waals surface area (Å²) in [6.45, 7) is 7.70. The molecule has 1 aliphatic heterocycles. The number of anilines is 2. The van der Waals surface area contributed by atoms with Gasteiger partial charge in [0.2, 0.25) is 5.82 Å². The summed E-state index contributed by atoms with van der Waals surface area (Å²) in [5.74, 6) is 0.999. The van der Waals surface area contributed by atoms with E-state index in [9.17, 15) is 10.1 Å². The van der Waals surface area contributed by atoms with Crippen LogP contribution in [0, 0.1) is 10.1 Å². The van der Waals surface area contributed by atoms with Crippen LogP contribution < -0.4 is 10.6 Å². The van der Waals surface area contributed by atoms with Crippen molar-refractivity contribution in [2.75, 3.05) is 56.6 Å². The number of rotatable bonds is 10. The Balaban J connectivity index is 1.90. The maximum atomic E-state index is 11.2. The third-order valence-corrected chi connectivity index (χ3v) is 3.98. The minimum atomic E-state index is -0.398. The predicted molar refractivity (Wildman–Crippen MR) is 94.7 cm³/mol. The van der Waals surface area contributed by atoms with Gasteiger partial charge in [0.25, 0.3) is 0 Å². The van der Waals surface area contributed by atoms with Gasteiger partial charge in [-0.3, -0.25) is 15.0 Å². The standard InChI is InChI=1S/C16H27N5O3/c1-2-3-4-7-17-15-6-5-14(21(22)23)16(19-15)18-8-9-20-10-12-24-13-11-20/h5-6H,2-4,7-13H2,1H3,(H2,17,18,19). The van der Waals surface area contributed by atoms with Crippen molar-refractivity contribution in [3.63, 3.8) is 0 Å². The van der Waals surface area contributed by atoms with E-state index < -0.39 is 4.92 Å². The third-order valence-electron chi connectivity index (χ3n) is 3.98. The molecule has 1 fully saturated rings. The number of hydrogen-bond acceptors (Lipinski definition) is 7. The first-order valence-corrected chi connectivity index (χ1v) is 8.64. The van der Waals surface area contributed by atoms with Gasteiger partial charge in [-0.05, 0) is 12.5 Å². The van der Waals surface area contributed by atoms with Crippen molar-refractivity contribution in [1.29, 1.82) is 0 Å². The van der Waals surface area contributed by atoms with E-state index in [1.54, 1.807) is 6.07 Å². The van der Waals surface area contributed by atoms with Gasteiger partial charge < -0.3 is 15.4 Å². The molecule has 2 N–H and O–H groups in total. The summed E-state index contributed by atoms with van der Waals surface area (Å²) in [7, 11) is 0. The van der Waals surface area contributed by atoms with Gasteiger partial charge in [0.05, 0.1) is 18.1 Å². The van der Waals surface area contributed by atoms with Crippen LogP contribution >= 0.6 is 0 Å². The molecule has 134 valence electrons. The Hall–Kier alpha value is -1.93. The normalized spacial score (nSPS) is 15.2. The second-order valence-corrected chi connectivity index (χ2v) is 5.84. The zero-order valence-electron chi connectivity index (χ0n) is 14.3. The molecule has 0 aromatic carbocycles. The number of nitrogens with one attached hydrogen (secondary N) is 2. The molecule has 0 spiro atoms. The molecule has 1 saturated heterocycles. The van der Waals surface area contributed by atoms with Crippen LogP contribution in [0.15, 0.2) is 12.1 Å². The molecule has 1 aromatic rings. The number of aromatic nitrogens is 1. The van der Waals surface area contributed by atoms with E-state index in [2.05, 4.69) is 27.4 Å². The summed E-state index contributed by atoms with van der Waals surface area (Å²) in [6.07, 6.45) is 3.38. The predicted octanol–water partition coefficient (Wildman–Crippen LogP) is 2.34. The van der Waals surface area contributed by atoms with Crippen molar-refractivity contribution >= 4 is 17.3 Å². The second-order valence-electron chi connectivity index (χ2n) is 5.84. The van der Waals surface area contributed by atoms with E-state index in [4.69, 9.17) is 4.74 Å². The zero-order valence-corrected chi connectivity index (χ0v) is 14.3. The molecular formula is C16H27N5O3. The molecule has 2 rings (SSSR count). The number of morpholine rings is 1. The Labute approximate surface area is 142 Å². The van der Waals surface area contributed by atoms with E-state index in [1.807, 2.05) is 0 Å². The fourth-order valence-corrected chi connectivity index (χ4v) is 2.58. The first-order valence-electron chi connectivity index (χ1n) is 8.64. The fraction of sp³-hybridized carbons (Fsp3) is 0.688. The molecule has 1 aromatic heterocycles. The molecule has 0 radical (unpaired) electrons. The van der Waals surface area contributed by atoms with Crippen molar-refractivity contribution in [2.45, 2.75) is 26.2 Å². The molecule has 0 unspecified atom stereocenters. The minimum Gasteiger partial charge on any atom is -0.379 e. The van der Waals surface area contributed by atoms with Crippen LogP contribution in [-0.2, 0) is 4.74 Å². The van der Waals surface area contributed by atoms with Crippen LogP contribution in [-0.4, -0.2) is 60.7 Å². The Morgan fingerprint density at radius 2 is 2.04 bits per heavy atom. The maximum Gasteiger partial charge on any atom is 0.311 e. The van der Waals surface area contributed by atoms with Crippen molar-refractivity contribution in [2.24, 2.45) is 0 Å². The lowest BCUT2D eigenvalue weighted by molar-refractivity contribution is -0.384. The average Bonchev–Trinajstić information content (AvgIpc) is 2.60. The van der Waals surface area contributed by atoms with Crippen LogP contribution in [0.5, 0.6) is 0 Å². The van der Waals surface area contributed by atoms with Crippen LogP contribution in [0.3, 0.4) is 0 Å². The summed E-state index contributed by atoms with van der Waals surface area (Å²) in [5, 5.41) is 17.5. The number of nitro groups is 1. The molecule has 0 saturated carbocycles. The van der Waals surface area contributed by atoms with Gasteiger partial charge in [-0.15, -0.1) is 0 Å². The third kappa shape index (κ3) is 5.93. The monoisotopic (exact) mass is 337 g/mol. The van der Waals surface area contributed by atoms with Gasteiger partial charge in [-0.1, -0.05) is 19.8 Å². The Morgan fingerprint density at radius 1 is 1.25 bits per heavy atom. The van der Waals surface area contributed by atoms with Gasteiger partial charge in [-0.2, -0.15) is 0 Å². The SMILES string of the molecule is CCCCCNc1ccc([N+](=O)[O-])c(NCCN2CCOCC2)n1. The summed E-state index contributed by atoms with van der Waals surface area (Å²) >= 11 is 0. The van der Waals surface area contributed by atoms with E-state index in [0.29, 0.717) is 18.2 Å². The van der Waals surface area contributed by atoms with Crippen LogP contribution in [0.1, 0.15) is 26.2 Å². The highest BCUT2D eigenvalue weighted by molar-refractivity contribution is 5.60. The molecule has 0 aliphatic carbocycles. The molecule has 0 atom stereocenters. The minimum absolute atomic E-state index is 0.0103. The quantitative estimate of drug-likeness (QED) is 0.384. The van der Waals surface area contributed by atoms with Crippen molar-refractivity contribution in [1.82, 2.24) is 9.88 Å². The number of ether oxygens (including phenoxy) is 1. The van der Waals surface area contributed by atoms with Gasteiger partial charge >= 0.3 is 5.69 Å².